The first-order valence-corrected chi connectivity index (χ1v) is 11.6. The van der Waals surface area contributed by atoms with Crippen LogP contribution in [-0.2, 0) is 25.1 Å². The largest absolute Gasteiger partial charge is 0.410 e. The van der Waals surface area contributed by atoms with Crippen molar-refractivity contribution < 1.29 is 4.43 Å². The second-order valence-electron chi connectivity index (χ2n) is 8.13. The monoisotopic (exact) mass is 375 g/mol. The van der Waals surface area contributed by atoms with Gasteiger partial charge in [-0.05, 0) is 28.3 Å². The molecule has 0 amide bonds. The van der Waals surface area contributed by atoms with E-state index in [1.807, 2.05) is 19.3 Å². The highest BCUT2D eigenvalue weighted by atomic mass is 28.4. The van der Waals surface area contributed by atoms with Gasteiger partial charge in [-0.1, -0.05) is 41.5 Å². The second kappa shape index (κ2) is 7.92. The highest BCUT2D eigenvalue weighted by Gasteiger charge is 2.45. The van der Waals surface area contributed by atoms with Gasteiger partial charge in [0.15, 0.2) is 0 Å². The van der Waals surface area contributed by atoms with E-state index in [1.54, 1.807) is 28.6 Å². The molecule has 0 saturated heterocycles. The van der Waals surface area contributed by atoms with Crippen LogP contribution in [0.15, 0.2) is 29.3 Å². The summed E-state index contributed by atoms with van der Waals surface area (Å²) in [4.78, 5) is 12.0. The third-order valence-corrected chi connectivity index (χ3v) is 11.5. The maximum atomic E-state index is 12.0. The van der Waals surface area contributed by atoms with Crippen molar-refractivity contribution >= 4 is 8.32 Å². The van der Waals surface area contributed by atoms with Crippen molar-refractivity contribution in [2.45, 2.75) is 64.8 Å². The Labute approximate surface area is 158 Å². The van der Waals surface area contributed by atoms with Gasteiger partial charge in [0.1, 0.15) is 0 Å². The van der Waals surface area contributed by atoms with Gasteiger partial charge in [-0.2, -0.15) is 5.10 Å². The van der Waals surface area contributed by atoms with Crippen molar-refractivity contribution in [2.75, 3.05) is 0 Å². The first-order valence-electron chi connectivity index (χ1n) is 9.43. The van der Waals surface area contributed by atoms with Crippen molar-refractivity contribution in [1.29, 1.82) is 0 Å². The molecule has 0 aliphatic carbocycles. The molecule has 144 valence electrons. The molecule has 6 heteroatoms. The lowest BCUT2D eigenvalue weighted by Crippen LogP contribution is -2.47. The van der Waals surface area contributed by atoms with Crippen molar-refractivity contribution in [3.05, 3.63) is 40.6 Å². The summed E-state index contributed by atoms with van der Waals surface area (Å²) >= 11 is 0. The number of hydrogen-bond donors (Lipinski definition) is 0. The fraction of sp³-hybridized carbons (Fsp3) is 0.600. The highest BCUT2D eigenvalue weighted by Crippen LogP contribution is 2.43. The second-order valence-corrected chi connectivity index (χ2v) is 13.6. The Morgan fingerprint density at radius 3 is 2.15 bits per heavy atom. The molecule has 0 saturated carbocycles. The zero-order chi connectivity index (χ0) is 19.6. The molecule has 0 atom stereocenters. The Hall–Kier alpha value is -1.66. The number of pyridine rings is 1. The van der Waals surface area contributed by atoms with Crippen molar-refractivity contribution in [1.82, 2.24) is 14.3 Å². The van der Waals surface area contributed by atoms with Crippen LogP contribution in [0.25, 0.3) is 11.1 Å². The van der Waals surface area contributed by atoms with Gasteiger partial charge in [0, 0.05) is 38.1 Å². The molecule has 2 heterocycles. The van der Waals surface area contributed by atoms with Crippen molar-refractivity contribution in [3.63, 3.8) is 0 Å². The maximum Gasteiger partial charge on any atom is 0.250 e. The van der Waals surface area contributed by atoms with Crippen LogP contribution in [0.5, 0.6) is 0 Å². The van der Waals surface area contributed by atoms with Gasteiger partial charge in [-0.3, -0.25) is 9.48 Å². The Kier molecular flexibility index (Phi) is 6.29. The summed E-state index contributed by atoms with van der Waals surface area (Å²) in [5.41, 5.74) is 4.33. The lowest BCUT2D eigenvalue weighted by Gasteiger charge is -2.42. The number of hydrogen-bond acceptors (Lipinski definition) is 3. The number of rotatable bonds is 7. The summed E-state index contributed by atoms with van der Waals surface area (Å²) in [6, 6.07) is 3.62. The fourth-order valence-corrected chi connectivity index (χ4v) is 9.68. The van der Waals surface area contributed by atoms with Crippen molar-refractivity contribution in [2.24, 2.45) is 14.1 Å². The third-order valence-electron chi connectivity index (χ3n) is 5.49. The molecule has 0 aliphatic rings. The standard InChI is InChI=1S/C20H33N3O2Si/c1-14(2)26(15(3)4,16(5)6)25-13-19-18(12-23(8)21-19)17-9-10-22(7)20(24)11-17/h9-12,14-16H,13H2,1-8H3. The molecule has 2 aromatic heterocycles. The molecule has 0 aromatic carbocycles. The van der Waals surface area contributed by atoms with Crippen molar-refractivity contribution in [3.8, 4) is 11.1 Å². The molecule has 0 spiro atoms. The number of nitrogens with zero attached hydrogens (tertiary/aromatic N) is 3. The first kappa shape index (κ1) is 20.6. The quantitative estimate of drug-likeness (QED) is 0.671. The predicted octanol–water partition coefficient (Wildman–Crippen LogP) is 4.48. The molecule has 26 heavy (non-hydrogen) atoms. The summed E-state index contributed by atoms with van der Waals surface area (Å²) in [6.45, 7) is 14.2. The molecular weight excluding hydrogens is 342 g/mol. The zero-order valence-corrected chi connectivity index (χ0v) is 18.4. The summed E-state index contributed by atoms with van der Waals surface area (Å²) in [5.74, 6) is 0. The smallest absolute Gasteiger partial charge is 0.250 e. The van der Waals surface area contributed by atoms with E-state index in [1.165, 1.54) is 0 Å². The first-order chi connectivity index (χ1) is 12.1. The lowest BCUT2D eigenvalue weighted by atomic mass is 10.1. The van der Waals surface area contributed by atoms with E-state index in [0.29, 0.717) is 23.2 Å². The predicted molar refractivity (Wildman–Crippen MR) is 110 cm³/mol. The van der Waals surface area contributed by atoms with E-state index in [0.717, 1.165) is 16.8 Å². The van der Waals surface area contributed by atoms with E-state index < -0.39 is 8.32 Å². The molecule has 2 aromatic rings. The van der Waals surface area contributed by atoms with E-state index in [4.69, 9.17) is 4.43 Å². The molecule has 0 bridgehead atoms. The lowest BCUT2D eigenvalue weighted by molar-refractivity contribution is 0.261. The molecule has 5 nitrogen and oxygen atoms in total. The average molecular weight is 376 g/mol. The van der Waals surface area contributed by atoms with Gasteiger partial charge in [0.05, 0.1) is 12.3 Å². The zero-order valence-electron chi connectivity index (χ0n) is 17.4. The molecule has 2 rings (SSSR count). The molecule has 0 radical (unpaired) electrons. The Morgan fingerprint density at radius 2 is 1.65 bits per heavy atom. The van der Waals surface area contributed by atoms with E-state index in [9.17, 15) is 4.79 Å². The van der Waals surface area contributed by atoms with Crippen LogP contribution in [0.4, 0.5) is 0 Å². The van der Waals surface area contributed by atoms with Crippen LogP contribution in [0.2, 0.25) is 16.6 Å². The highest BCUT2D eigenvalue weighted by molar-refractivity contribution is 6.77. The summed E-state index contributed by atoms with van der Waals surface area (Å²) in [5, 5.41) is 4.63. The Bertz CT molecular complexity index is 784. The summed E-state index contributed by atoms with van der Waals surface area (Å²) in [6.07, 6.45) is 3.77. The van der Waals surface area contributed by atoms with Gasteiger partial charge < -0.3 is 8.99 Å². The SMILES string of the molecule is CC(C)[Si](OCc1nn(C)cc1-c1ccn(C)c(=O)c1)(C(C)C)C(C)C. The van der Waals surface area contributed by atoms with Gasteiger partial charge in [-0.15, -0.1) is 0 Å². The Morgan fingerprint density at radius 1 is 1.08 bits per heavy atom. The number of aryl methyl sites for hydroxylation is 2. The van der Waals surface area contributed by atoms with E-state index in [-0.39, 0.29) is 5.56 Å². The van der Waals surface area contributed by atoms with E-state index >= 15 is 0 Å². The van der Waals surface area contributed by atoms with Crippen LogP contribution in [0, 0.1) is 0 Å². The van der Waals surface area contributed by atoms with Crippen LogP contribution < -0.4 is 5.56 Å². The van der Waals surface area contributed by atoms with E-state index in [2.05, 4.69) is 46.6 Å². The van der Waals surface area contributed by atoms with Crippen LogP contribution in [0.1, 0.15) is 47.2 Å². The minimum Gasteiger partial charge on any atom is -0.410 e. The molecule has 0 aliphatic heterocycles. The van der Waals surface area contributed by atoms with Gasteiger partial charge in [-0.25, -0.2) is 0 Å². The van der Waals surface area contributed by atoms with Gasteiger partial charge in [0.2, 0.25) is 8.32 Å². The molecular formula is C20H33N3O2Si. The van der Waals surface area contributed by atoms with Crippen LogP contribution >= 0.6 is 0 Å². The normalized spacial score (nSPS) is 12.6. The molecule has 0 unspecified atom stereocenters. The third kappa shape index (κ3) is 3.86. The molecule has 0 N–H and O–H groups in total. The summed E-state index contributed by atoms with van der Waals surface area (Å²) in [7, 11) is 1.71. The number of aromatic nitrogens is 3. The summed E-state index contributed by atoms with van der Waals surface area (Å²) < 4.78 is 10.1. The van der Waals surface area contributed by atoms with Crippen LogP contribution in [0.3, 0.4) is 0 Å². The fourth-order valence-electron chi connectivity index (χ4n) is 4.29. The minimum absolute atomic E-state index is 0.0199. The molecule has 0 fully saturated rings. The van der Waals surface area contributed by atoms with Gasteiger partial charge in [0.25, 0.3) is 5.56 Å². The van der Waals surface area contributed by atoms with Gasteiger partial charge >= 0.3 is 0 Å². The minimum atomic E-state index is -1.96. The maximum absolute atomic E-state index is 12.0. The van der Waals surface area contributed by atoms with Crippen LogP contribution in [-0.4, -0.2) is 22.7 Å². The average Bonchev–Trinajstić information content (AvgIpc) is 2.90. The Balaban J connectivity index is 2.38. The topological polar surface area (TPSA) is 49.0 Å².